The first-order valence-corrected chi connectivity index (χ1v) is 16.4. The Hall–Kier alpha value is -3.82. The van der Waals surface area contributed by atoms with Gasteiger partial charge in [0.05, 0.1) is 18.0 Å². The molecule has 2 fully saturated rings. The van der Waals surface area contributed by atoms with E-state index in [0.29, 0.717) is 11.4 Å². The molecule has 3 amide bonds. The Kier molecular flexibility index (Phi) is 8.69. The Morgan fingerprint density at radius 1 is 1.00 bits per heavy atom. The number of nitrogens with one attached hydrogen (secondary N) is 2. The molecule has 4 N–H and O–H groups in total. The first-order valence-electron chi connectivity index (χ1n) is 15.4. The third-order valence-electron chi connectivity index (χ3n) is 9.53. The maximum absolute atomic E-state index is 14.2. The van der Waals surface area contributed by atoms with E-state index in [-0.39, 0.29) is 29.7 Å². The molecular weight excluding hydrogens is 574 g/mol. The second kappa shape index (κ2) is 12.7. The number of carbonyl (C=O) groups excluding carboxylic acids is 3. The number of thioether (sulfide) groups is 1. The molecule has 4 atom stereocenters. The van der Waals surface area contributed by atoms with Gasteiger partial charge in [0, 0.05) is 15.9 Å². The van der Waals surface area contributed by atoms with Crippen molar-refractivity contribution in [2.24, 2.45) is 0 Å². The molecule has 0 bridgehead atoms. The number of nitrogens with zero attached hydrogens (tertiary/aromatic N) is 1. The third-order valence-corrected chi connectivity index (χ3v) is 11.1. The average molecular weight is 614 g/mol. The van der Waals surface area contributed by atoms with Gasteiger partial charge in [0.25, 0.3) is 11.8 Å². The zero-order valence-corrected chi connectivity index (χ0v) is 25.7. The lowest BCUT2D eigenvalue weighted by Gasteiger charge is -2.35. The van der Waals surface area contributed by atoms with Gasteiger partial charge >= 0.3 is 0 Å². The van der Waals surface area contributed by atoms with Gasteiger partial charge in [0.15, 0.2) is 6.10 Å². The number of phenols is 1. The Labute approximate surface area is 262 Å². The minimum absolute atomic E-state index is 0.0106. The Morgan fingerprint density at radius 2 is 1.73 bits per heavy atom. The maximum Gasteiger partial charge on any atom is 0.254 e. The normalized spacial score (nSPS) is 21.5. The van der Waals surface area contributed by atoms with E-state index in [4.69, 9.17) is 0 Å². The minimum Gasteiger partial charge on any atom is -0.508 e. The van der Waals surface area contributed by atoms with Crippen LogP contribution >= 0.6 is 11.8 Å². The lowest BCUT2D eigenvalue weighted by molar-refractivity contribution is -0.147. The molecule has 0 radical (unpaired) electrons. The van der Waals surface area contributed by atoms with Crippen LogP contribution in [0.4, 0.5) is 0 Å². The van der Waals surface area contributed by atoms with Crippen LogP contribution in [-0.4, -0.2) is 61.6 Å². The summed E-state index contributed by atoms with van der Waals surface area (Å²) in [6, 6.07) is 20.4. The van der Waals surface area contributed by atoms with Crippen molar-refractivity contribution in [1.29, 1.82) is 0 Å². The number of phenolic OH excluding ortho intramolecular Hbond substituents is 1. The smallest absolute Gasteiger partial charge is 0.254 e. The van der Waals surface area contributed by atoms with Crippen LogP contribution in [-0.2, 0) is 22.4 Å². The Morgan fingerprint density at radius 3 is 2.50 bits per heavy atom. The SMILES string of the molecule is Cc1c(O)cccc1C(=O)N[C@@H](Cc1ccccc1)[C@H](O)C(=O)N1CSC2(CCCC2)[C@H]1C(=O)N[C@H]1CCc2ccccc21. The van der Waals surface area contributed by atoms with Crippen molar-refractivity contribution >= 4 is 29.5 Å². The number of fused-ring (bicyclic) bond motifs is 1. The molecule has 0 aromatic heterocycles. The molecule has 44 heavy (non-hydrogen) atoms. The number of carbonyl (C=O) groups is 3. The van der Waals surface area contributed by atoms with E-state index in [1.165, 1.54) is 11.6 Å². The molecule has 1 heterocycles. The van der Waals surface area contributed by atoms with Crippen LogP contribution in [0, 0.1) is 6.92 Å². The highest BCUT2D eigenvalue weighted by molar-refractivity contribution is 8.01. The fourth-order valence-corrected chi connectivity index (χ4v) is 8.77. The molecule has 3 aliphatic rings. The van der Waals surface area contributed by atoms with Crippen molar-refractivity contribution in [3.8, 4) is 5.75 Å². The number of aliphatic hydroxyl groups excluding tert-OH is 1. The molecular formula is C35H39N3O5S. The summed E-state index contributed by atoms with van der Waals surface area (Å²) in [5.41, 5.74) is 3.87. The fourth-order valence-electron chi connectivity index (χ4n) is 7.12. The van der Waals surface area contributed by atoms with Crippen LogP contribution < -0.4 is 10.6 Å². The molecule has 1 saturated heterocycles. The predicted octanol–water partition coefficient (Wildman–Crippen LogP) is 4.42. The van der Waals surface area contributed by atoms with Gasteiger partial charge in [0.1, 0.15) is 11.8 Å². The number of aryl methyl sites for hydroxylation is 1. The summed E-state index contributed by atoms with van der Waals surface area (Å²) in [5, 5.41) is 28.0. The second-order valence-electron chi connectivity index (χ2n) is 12.2. The number of hydrogen-bond donors (Lipinski definition) is 4. The van der Waals surface area contributed by atoms with E-state index in [2.05, 4.69) is 22.8 Å². The number of benzene rings is 3. The summed E-state index contributed by atoms with van der Waals surface area (Å²) >= 11 is 1.63. The number of rotatable bonds is 8. The van der Waals surface area contributed by atoms with Gasteiger partial charge < -0.3 is 25.7 Å². The van der Waals surface area contributed by atoms with E-state index in [0.717, 1.165) is 49.7 Å². The molecule has 8 nitrogen and oxygen atoms in total. The van der Waals surface area contributed by atoms with E-state index >= 15 is 0 Å². The van der Waals surface area contributed by atoms with Crippen molar-refractivity contribution in [3.63, 3.8) is 0 Å². The van der Waals surface area contributed by atoms with Crippen molar-refractivity contribution in [3.05, 3.63) is 101 Å². The van der Waals surface area contributed by atoms with E-state index in [1.807, 2.05) is 42.5 Å². The Balaban J connectivity index is 1.26. The monoisotopic (exact) mass is 613 g/mol. The van der Waals surface area contributed by atoms with E-state index in [9.17, 15) is 24.6 Å². The van der Waals surface area contributed by atoms with Crippen LogP contribution in [0.5, 0.6) is 5.75 Å². The molecule has 230 valence electrons. The molecule has 1 saturated carbocycles. The molecule has 2 aliphatic carbocycles. The molecule has 1 aliphatic heterocycles. The predicted molar refractivity (Wildman–Crippen MR) is 170 cm³/mol. The number of aliphatic hydroxyl groups is 1. The second-order valence-corrected chi connectivity index (χ2v) is 13.6. The van der Waals surface area contributed by atoms with Gasteiger partial charge in [-0.15, -0.1) is 11.8 Å². The topological polar surface area (TPSA) is 119 Å². The Bertz CT molecular complexity index is 1540. The zero-order valence-electron chi connectivity index (χ0n) is 24.9. The summed E-state index contributed by atoms with van der Waals surface area (Å²) in [6.45, 7) is 1.65. The highest BCUT2D eigenvalue weighted by atomic mass is 32.2. The fraction of sp³-hybridized carbons (Fsp3) is 0.400. The molecule has 0 unspecified atom stereocenters. The van der Waals surface area contributed by atoms with Gasteiger partial charge in [-0.25, -0.2) is 0 Å². The van der Waals surface area contributed by atoms with Crippen LogP contribution in [0.3, 0.4) is 0 Å². The third kappa shape index (κ3) is 5.83. The van der Waals surface area contributed by atoms with Crippen LogP contribution in [0.1, 0.15) is 70.8 Å². The first-order chi connectivity index (χ1) is 21.3. The average Bonchev–Trinajstić information content (AvgIpc) is 3.77. The summed E-state index contributed by atoms with van der Waals surface area (Å²) < 4.78 is -0.394. The highest BCUT2D eigenvalue weighted by Crippen LogP contribution is 2.51. The highest BCUT2D eigenvalue weighted by Gasteiger charge is 2.56. The van der Waals surface area contributed by atoms with E-state index < -0.39 is 34.7 Å². The summed E-state index contributed by atoms with van der Waals surface area (Å²) in [4.78, 5) is 43.3. The maximum atomic E-state index is 14.2. The number of aromatic hydroxyl groups is 1. The molecule has 1 spiro atoms. The first kappa shape index (κ1) is 30.2. The van der Waals surface area contributed by atoms with E-state index in [1.54, 1.807) is 35.7 Å². The summed E-state index contributed by atoms with van der Waals surface area (Å²) in [6.07, 6.45) is 3.97. The van der Waals surface area contributed by atoms with Crippen LogP contribution in [0.15, 0.2) is 72.8 Å². The lowest BCUT2D eigenvalue weighted by atomic mass is 9.93. The zero-order chi connectivity index (χ0) is 30.8. The quantitative estimate of drug-likeness (QED) is 0.299. The molecule has 9 heteroatoms. The number of hydrogen-bond acceptors (Lipinski definition) is 6. The van der Waals surface area contributed by atoms with Gasteiger partial charge in [-0.1, -0.05) is 73.5 Å². The summed E-state index contributed by atoms with van der Waals surface area (Å²) in [7, 11) is 0. The van der Waals surface area contributed by atoms with Gasteiger partial charge in [0.2, 0.25) is 5.91 Å². The van der Waals surface area contributed by atoms with Crippen LogP contribution in [0.2, 0.25) is 0 Å². The molecule has 6 rings (SSSR count). The number of amides is 3. The molecule has 3 aromatic rings. The minimum atomic E-state index is -1.59. The van der Waals surface area contributed by atoms with Crippen LogP contribution in [0.25, 0.3) is 0 Å². The van der Waals surface area contributed by atoms with Crippen molar-refractivity contribution in [1.82, 2.24) is 15.5 Å². The van der Waals surface area contributed by atoms with Crippen molar-refractivity contribution in [2.45, 2.75) is 80.8 Å². The lowest BCUT2D eigenvalue weighted by Crippen LogP contribution is -2.59. The standard InChI is InChI=1S/C35H39N3O5S/c1-22-25(14-9-15-29(22)39)32(41)37-28(20-23-10-3-2-4-11-23)30(40)34(43)38-21-44-35(18-7-8-19-35)31(38)33(42)36-27-17-16-24-12-5-6-13-26(24)27/h2-6,9-15,27-28,30-31,39-40H,7-8,16-21H2,1H3,(H,36,42)(H,37,41)/t27-,28-,30-,31+/m0/s1. The largest absolute Gasteiger partial charge is 0.508 e. The van der Waals surface area contributed by atoms with Gasteiger partial charge in [-0.05, 0) is 67.9 Å². The van der Waals surface area contributed by atoms with Crippen molar-refractivity contribution < 1.29 is 24.6 Å². The van der Waals surface area contributed by atoms with Gasteiger partial charge in [-0.2, -0.15) is 0 Å². The summed E-state index contributed by atoms with van der Waals surface area (Å²) in [5.74, 6) is -0.959. The molecule has 3 aromatic carbocycles. The van der Waals surface area contributed by atoms with Gasteiger partial charge in [-0.3, -0.25) is 14.4 Å². The van der Waals surface area contributed by atoms with Crippen molar-refractivity contribution in [2.75, 3.05) is 5.88 Å².